The quantitative estimate of drug-likeness (QED) is 0.513. The number of nitrogens with zero attached hydrogens (tertiary/aromatic N) is 3. The lowest BCUT2D eigenvalue weighted by Gasteiger charge is -2.36. The molecule has 2 aromatic carbocycles. The van der Waals surface area contributed by atoms with Crippen LogP contribution < -0.4 is 14.4 Å². The SMILES string of the molecule is CCCN1CCN(c2ccc3c(ccn3S(=O)(=O)c3ccc(OC)c(OC)c3)c2)CC1.Cl. The summed E-state index contributed by atoms with van der Waals surface area (Å²) in [5.41, 5.74) is 1.79. The van der Waals surface area contributed by atoms with Crippen LogP contribution in [0.4, 0.5) is 5.69 Å². The summed E-state index contributed by atoms with van der Waals surface area (Å²) in [5, 5.41) is 0.900. The van der Waals surface area contributed by atoms with E-state index in [1.807, 2.05) is 18.2 Å². The van der Waals surface area contributed by atoms with Crippen LogP contribution in [0.2, 0.25) is 0 Å². The highest BCUT2D eigenvalue weighted by molar-refractivity contribution is 7.90. The summed E-state index contributed by atoms with van der Waals surface area (Å²) in [6.45, 7) is 7.43. The van der Waals surface area contributed by atoms with E-state index in [2.05, 4.69) is 22.8 Å². The van der Waals surface area contributed by atoms with Gasteiger partial charge in [0, 0.05) is 49.5 Å². The Balaban J connectivity index is 0.00000289. The summed E-state index contributed by atoms with van der Waals surface area (Å²) < 4.78 is 38.4. The number of anilines is 1. The molecule has 7 nitrogen and oxygen atoms in total. The average Bonchev–Trinajstić information content (AvgIpc) is 3.23. The van der Waals surface area contributed by atoms with Gasteiger partial charge in [-0.2, -0.15) is 0 Å². The highest BCUT2D eigenvalue weighted by atomic mass is 35.5. The highest BCUT2D eigenvalue weighted by Gasteiger charge is 2.22. The molecule has 0 radical (unpaired) electrons. The first-order valence-corrected chi connectivity index (χ1v) is 12.0. The molecule has 3 aromatic rings. The molecule has 0 atom stereocenters. The van der Waals surface area contributed by atoms with Gasteiger partial charge in [-0.25, -0.2) is 12.4 Å². The molecule has 0 unspecified atom stereocenters. The first-order chi connectivity index (χ1) is 15.0. The van der Waals surface area contributed by atoms with E-state index in [9.17, 15) is 8.42 Å². The van der Waals surface area contributed by atoms with Crippen molar-refractivity contribution in [1.29, 1.82) is 0 Å². The molecule has 0 N–H and O–H groups in total. The number of halogens is 1. The molecule has 0 bridgehead atoms. The van der Waals surface area contributed by atoms with Gasteiger partial charge in [-0.3, -0.25) is 4.90 Å². The van der Waals surface area contributed by atoms with Crippen molar-refractivity contribution < 1.29 is 17.9 Å². The first kappa shape index (κ1) is 24.2. The fourth-order valence-corrected chi connectivity index (χ4v) is 5.52. The summed E-state index contributed by atoms with van der Waals surface area (Å²) in [6.07, 6.45) is 2.79. The third-order valence-corrected chi connectivity index (χ3v) is 7.51. The van der Waals surface area contributed by atoms with Crippen LogP contribution in [0.1, 0.15) is 13.3 Å². The van der Waals surface area contributed by atoms with Crippen molar-refractivity contribution in [2.45, 2.75) is 18.2 Å². The van der Waals surface area contributed by atoms with Crippen LogP contribution in [-0.4, -0.2) is 64.2 Å². The van der Waals surface area contributed by atoms with Gasteiger partial charge in [0.25, 0.3) is 10.0 Å². The summed E-state index contributed by atoms with van der Waals surface area (Å²) in [4.78, 5) is 5.01. The van der Waals surface area contributed by atoms with E-state index in [1.165, 1.54) is 36.7 Å². The Kier molecular flexibility index (Phi) is 7.59. The monoisotopic (exact) mass is 479 g/mol. The van der Waals surface area contributed by atoms with Crippen LogP contribution in [0, 0.1) is 0 Å². The standard InChI is InChI=1S/C23H29N3O4S.ClH/c1-4-10-24-12-14-25(15-13-24)19-5-7-21-18(16-19)9-11-26(21)31(27,28)20-6-8-22(29-2)23(17-20)30-3;/h5-9,11,16-17H,4,10,12-15H2,1-3H3;1H. The maximum Gasteiger partial charge on any atom is 0.268 e. The minimum Gasteiger partial charge on any atom is -0.493 e. The summed E-state index contributed by atoms with van der Waals surface area (Å²) in [5.74, 6) is 0.868. The van der Waals surface area contributed by atoms with E-state index < -0.39 is 10.0 Å². The maximum atomic E-state index is 13.3. The maximum absolute atomic E-state index is 13.3. The number of ether oxygens (including phenoxy) is 2. The normalized spacial score (nSPS) is 14.9. The molecule has 4 rings (SSSR count). The molecule has 1 saturated heterocycles. The van der Waals surface area contributed by atoms with E-state index >= 15 is 0 Å². The molecular weight excluding hydrogens is 450 g/mol. The van der Waals surface area contributed by atoms with Crippen molar-refractivity contribution in [2.75, 3.05) is 51.8 Å². The number of hydrogen-bond donors (Lipinski definition) is 0. The summed E-state index contributed by atoms with van der Waals surface area (Å²) in [7, 11) is -0.761. The smallest absolute Gasteiger partial charge is 0.268 e. The molecule has 1 aliphatic rings. The molecular formula is C23H30ClN3O4S. The first-order valence-electron chi connectivity index (χ1n) is 10.5. The second-order valence-corrected chi connectivity index (χ2v) is 9.52. The number of fused-ring (bicyclic) bond motifs is 1. The van der Waals surface area contributed by atoms with E-state index in [0.29, 0.717) is 17.0 Å². The molecule has 32 heavy (non-hydrogen) atoms. The zero-order chi connectivity index (χ0) is 22.0. The van der Waals surface area contributed by atoms with E-state index in [4.69, 9.17) is 9.47 Å². The van der Waals surface area contributed by atoms with E-state index in [-0.39, 0.29) is 17.3 Å². The lowest BCUT2D eigenvalue weighted by Crippen LogP contribution is -2.46. The van der Waals surface area contributed by atoms with Crippen molar-refractivity contribution >= 4 is 39.0 Å². The second kappa shape index (κ2) is 10.0. The molecule has 9 heteroatoms. The number of rotatable bonds is 7. The Morgan fingerprint density at radius 2 is 1.62 bits per heavy atom. The minimum absolute atomic E-state index is 0. The summed E-state index contributed by atoms with van der Waals surface area (Å²) >= 11 is 0. The van der Waals surface area contributed by atoms with Crippen LogP contribution in [0.3, 0.4) is 0 Å². The van der Waals surface area contributed by atoms with Gasteiger partial charge in [-0.05, 0) is 49.4 Å². The van der Waals surface area contributed by atoms with E-state index in [0.717, 1.165) is 43.8 Å². The van der Waals surface area contributed by atoms with Crippen LogP contribution in [0.5, 0.6) is 11.5 Å². The average molecular weight is 480 g/mol. The molecule has 1 fully saturated rings. The number of hydrogen-bond acceptors (Lipinski definition) is 6. The Bertz CT molecular complexity index is 1170. The van der Waals surface area contributed by atoms with Gasteiger partial charge in [0.2, 0.25) is 0 Å². The van der Waals surface area contributed by atoms with E-state index in [1.54, 1.807) is 12.3 Å². The number of piperazine rings is 1. The molecule has 0 saturated carbocycles. The Morgan fingerprint density at radius 1 is 0.906 bits per heavy atom. The van der Waals surface area contributed by atoms with Crippen molar-refractivity contribution in [3.8, 4) is 11.5 Å². The predicted octanol–water partition coefficient (Wildman–Crippen LogP) is 3.85. The van der Waals surface area contributed by atoms with Crippen LogP contribution in [0.25, 0.3) is 10.9 Å². The van der Waals surface area contributed by atoms with Crippen LogP contribution in [0.15, 0.2) is 53.6 Å². The Hall–Kier alpha value is -2.42. The highest BCUT2D eigenvalue weighted by Crippen LogP contribution is 2.32. The van der Waals surface area contributed by atoms with Crippen molar-refractivity contribution in [2.24, 2.45) is 0 Å². The molecule has 0 aliphatic carbocycles. The van der Waals surface area contributed by atoms with Gasteiger partial charge >= 0.3 is 0 Å². The van der Waals surface area contributed by atoms with Crippen molar-refractivity contribution in [1.82, 2.24) is 8.87 Å². The van der Waals surface area contributed by atoms with Crippen LogP contribution >= 0.6 is 12.4 Å². The number of aromatic nitrogens is 1. The molecule has 0 spiro atoms. The second-order valence-electron chi connectivity index (χ2n) is 7.71. The largest absolute Gasteiger partial charge is 0.493 e. The molecule has 1 aromatic heterocycles. The lowest BCUT2D eigenvalue weighted by atomic mass is 10.2. The van der Waals surface area contributed by atoms with Gasteiger partial charge in [0.1, 0.15) is 0 Å². The lowest BCUT2D eigenvalue weighted by molar-refractivity contribution is 0.258. The third kappa shape index (κ3) is 4.53. The molecule has 1 aliphatic heterocycles. The van der Waals surface area contributed by atoms with Gasteiger partial charge in [0.05, 0.1) is 24.6 Å². The van der Waals surface area contributed by atoms with Crippen LogP contribution in [-0.2, 0) is 10.0 Å². The Morgan fingerprint density at radius 3 is 2.28 bits per heavy atom. The number of benzene rings is 2. The zero-order valence-corrected chi connectivity index (χ0v) is 20.3. The van der Waals surface area contributed by atoms with Gasteiger partial charge in [-0.1, -0.05) is 6.92 Å². The van der Waals surface area contributed by atoms with Gasteiger partial charge < -0.3 is 14.4 Å². The third-order valence-electron chi connectivity index (χ3n) is 5.83. The Labute approximate surface area is 196 Å². The fourth-order valence-electron chi connectivity index (χ4n) is 4.15. The molecule has 2 heterocycles. The zero-order valence-electron chi connectivity index (χ0n) is 18.7. The topological polar surface area (TPSA) is 64.0 Å². The molecule has 0 amide bonds. The van der Waals surface area contributed by atoms with Gasteiger partial charge in [0.15, 0.2) is 11.5 Å². The summed E-state index contributed by atoms with van der Waals surface area (Å²) in [6, 6.07) is 12.5. The van der Waals surface area contributed by atoms with Crippen molar-refractivity contribution in [3.63, 3.8) is 0 Å². The van der Waals surface area contributed by atoms with Crippen molar-refractivity contribution in [3.05, 3.63) is 48.7 Å². The molecule has 174 valence electrons. The van der Waals surface area contributed by atoms with Gasteiger partial charge in [-0.15, -0.1) is 12.4 Å². The minimum atomic E-state index is -3.77. The predicted molar refractivity (Wildman–Crippen MR) is 130 cm³/mol. The fraction of sp³-hybridized carbons (Fsp3) is 0.391. The number of methoxy groups -OCH3 is 2.